The normalized spacial score (nSPS) is 23.9. The van der Waals surface area contributed by atoms with Crippen molar-refractivity contribution in [1.82, 2.24) is 0 Å². The third-order valence-electron chi connectivity index (χ3n) is 6.90. The molecule has 0 aromatic heterocycles. The van der Waals surface area contributed by atoms with Gasteiger partial charge in [-0.1, -0.05) is 84.9 Å². The molecule has 1 nitrogen and oxygen atoms in total. The van der Waals surface area contributed by atoms with Crippen molar-refractivity contribution in [2.24, 2.45) is 5.92 Å². The Balaban J connectivity index is 1.41. The summed E-state index contributed by atoms with van der Waals surface area (Å²) >= 11 is 6.40. The van der Waals surface area contributed by atoms with Crippen molar-refractivity contribution in [2.45, 2.75) is 30.7 Å². The molecule has 32 heavy (non-hydrogen) atoms. The molecule has 0 bridgehead atoms. The molecule has 158 valence electrons. The highest BCUT2D eigenvalue weighted by molar-refractivity contribution is 6.22. The second-order valence-electron chi connectivity index (χ2n) is 8.82. The molecule has 6 rings (SSSR count). The summed E-state index contributed by atoms with van der Waals surface area (Å²) in [6.07, 6.45) is 9.85. The Hall–Kier alpha value is -3.03. The Labute approximate surface area is 194 Å². The lowest BCUT2D eigenvalue weighted by atomic mass is 9.79. The van der Waals surface area contributed by atoms with Gasteiger partial charge in [0.05, 0.1) is 5.38 Å². The van der Waals surface area contributed by atoms with E-state index in [4.69, 9.17) is 16.3 Å². The second kappa shape index (κ2) is 8.15. The van der Waals surface area contributed by atoms with Crippen molar-refractivity contribution >= 4 is 17.2 Å². The SMILES string of the molecule is ClC1C=C2C(=CC1)O[C@H]1C=C(c3ccccc3-c3ccccc3-c3ccccc3)CCC21. The van der Waals surface area contributed by atoms with Crippen molar-refractivity contribution < 1.29 is 4.74 Å². The maximum atomic E-state index is 6.40. The van der Waals surface area contributed by atoms with Gasteiger partial charge in [0.1, 0.15) is 11.9 Å². The highest BCUT2D eigenvalue weighted by Gasteiger charge is 2.39. The van der Waals surface area contributed by atoms with Crippen molar-refractivity contribution in [2.75, 3.05) is 0 Å². The molecule has 1 aliphatic heterocycles. The van der Waals surface area contributed by atoms with Crippen LogP contribution in [0.1, 0.15) is 24.8 Å². The molecule has 1 heterocycles. The Kier molecular flexibility index (Phi) is 5.00. The third kappa shape index (κ3) is 3.42. The molecule has 0 radical (unpaired) electrons. The van der Waals surface area contributed by atoms with Gasteiger partial charge >= 0.3 is 0 Å². The molecule has 3 aromatic carbocycles. The van der Waals surface area contributed by atoms with Gasteiger partial charge in [-0.3, -0.25) is 0 Å². The summed E-state index contributed by atoms with van der Waals surface area (Å²) in [5, 5.41) is 0.0942. The van der Waals surface area contributed by atoms with Crippen molar-refractivity contribution in [1.29, 1.82) is 0 Å². The number of benzene rings is 3. The molecule has 1 saturated heterocycles. The van der Waals surface area contributed by atoms with E-state index < -0.39 is 0 Å². The molecular weight excluding hydrogens is 412 g/mol. The summed E-state index contributed by atoms with van der Waals surface area (Å²) in [5.41, 5.74) is 9.08. The summed E-state index contributed by atoms with van der Waals surface area (Å²) < 4.78 is 6.37. The topological polar surface area (TPSA) is 9.23 Å². The zero-order valence-corrected chi connectivity index (χ0v) is 18.6. The van der Waals surface area contributed by atoms with Crippen LogP contribution < -0.4 is 0 Å². The first-order valence-corrected chi connectivity index (χ1v) is 11.9. The van der Waals surface area contributed by atoms with E-state index >= 15 is 0 Å². The molecule has 0 N–H and O–H groups in total. The maximum Gasteiger partial charge on any atom is 0.124 e. The third-order valence-corrected chi connectivity index (χ3v) is 7.20. The summed E-state index contributed by atoms with van der Waals surface area (Å²) in [4.78, 5) is 0. The second-order valence-corrected chi connectivity index (χ2v) is 9.38. The number of hydrogen-bond donors (Lipinski definition) is 0. The largest absolute Gasteiger partial charge is 0.486 e. The first kappa shape index (κ1) is 19.6. The minimum Gasteiger partial charge on any atom is -0.486 e. The molecule has 2 aliphatic carbocycles. The smallest absolute Gasteiger partial charge is 0.124 e. The van der Waals surface area contributed by atoms with E-state index in [1.54, 1.807) is 0 Å². The molecule has 0 spiro atoms. The van der Waals surface area contributed by atoms with Crippen LogP contribution >= 0.6 is 11.6 Å². The van der Waals surface area contributed by atoms with Gasteiger partial charge in [0.2, 0.25) is 0 Å². The number of ether oxygens (including phenoxy) is 1. The average molecular weight is 437 g/mol. The van der Waals surface area contributed by atoms with Gasteiger partial charge < -0.3 is 4.74 Å². The van der Waals surface area contributed by atoms with Crippen LogP contribution in [0.15, 0.2) is 108 Å². The van der Waals surface area contributed by atoms with Crippen LogP contribution in [0.2, 0.25) is 0 Å². The van der Waals surface area contributed by atoms with E-state index in [1.807, 2.05) is 0 Å². The van der Waals surface area contributed by atoms with E-state index in [2.05, 4.69) is 97.1 Å². The monoisotopic (exact) mass is 436 g/mol. The van der Waals surface area contributed by atoms with Gasteiger partial charge in [-0.15, -0.1) is 11.6 Å². The van der Waals surface area contributed by atoms with Crippen LogP contribution in [0.3, 0.4) is 0 Å². The van der Waals surface area contributed by atoms with E-state index in [0.717, 1.165) is 25.0 Å². The Bertz CT molecular complexity index is 1250. The number of allylic oxidation sites excluding steroid dienone is 4. The van der Waals surface area contributed by atoms with Crippen LogP contribution in [0.4, 0.5) is 0 Å². The van der Waals surface area contributed by atoms with Gasteiger partial charge in [0, 0.05) is 5.92 Å². The lowest BCUT2D eigenvalue weighted by Crippen LogP contribution is -2.19. The van der Waals surface area contributed by atoms with Crippen LogP contribution in [0, 0.1) is 5.92 Å². The fourth-order valence-corrected chi connectivity index (χ4v) is 5.61. The van der Waals surface area contributed by atoms with Gasteiger partial charge in [-0.2, -0.15) is 0 Å². The molecule has 1 fully saturated rings. The van der Waals surface area contributed by atoms with Crippen molar-refractivity contribution in [3.63, 3.8) is 0 Å². The first-order valence-electron chi connectivity index (χ1n) is 11.5. The molecule has 3 aromatic rings. The van der Waals surface area contributed by atoms with Crippen molar-refractivity contribution in [3.8, 4) is 22.3 Å². The molecule has 3 aliphatic rings. The minimum atomic E-state index is 0.0942. The van der Waals surface area contributed by atoms with Crippen LogP contribution in [0.25, 0.3) is 27.8 Å². The molecule has 2 unspecified atom stereocenters. The molecule has 0 saturated carbocycles. The number of hydrogen-bond acceptors (Lipinski definition) is 1. The van der Waals surface area contributed by atoms with Gasteiger partial charge in [0.25, 0.3) is 0 Å². The summed E-state index contributed by atoms with van der Waals surface area (Å²) in [5.74, 6) is 1.48. The summed E-state index contributed by atoms with van der Waals surface area (Å²) in [6.45, 7) is 0. The van der Waals surface area contributed by atoms with Gasteiger partial charge in [0.15, 0.2) is 0 Å². The molecule has 3 atom stereocenters. The predicted octanol–water partition coefficient (Wildman–Crippen LogP) is 8.03. The summed E-state index contributed by atoms with van der Waals surface area (Å²) in [6, 6.07) is 28.2. The van der Waals surface area contributed by atoms with E-state index in [0.29, 0.717) is 5.92 Å². The molecule has 0 amide bonds. The molecule has 2 heteroatoms. The zero-order valence-electron chi connectivity index (χ0n) is 17.9. The number of rotatable bonds is 3. The highest BCUT2D eigenvalue weighted by Crippen LogP contribution is 2.47. The maximum absolute atomic E-state index is 6.40. The quantitative estimate of drug-likeness (QED) is 0.377. The van der Waals surface area contributed by atoms with E-state index in [9.17, 15) is 0 Å². The lowest BCUT2D eigenvalue weighted by Gasteiger charge is -2.25. The Morgan fingerprint density at radius 2 is 1.38 bits per heavy atom. The fraction of sp³-hybridized carbons (Fsp3) is 0.200. The highest BCUT2D eigenvalue weighted by atomic mass is 35.5. The fourth-order valence-electron chi connectivity index (χ4n) is 5.38. The van der Waals surface area contributed by atoms with Crippen molar-refractivity contribution in [3.05, 3.63) is 114 Å². The first-order chi connectivity index (χ1) is 15.8. The van der Waals surface area contributed by atoms with E-state index in [-0.39, 0.29) is 11.5 Å². The predicted molar refractivity (Wildman–Crippen MR) is 133 cm³/mol. The minimum absolute atomic E-state index is 0.0942. The van der Waals surface area contributed by atoms with Crippen LogP contribution in [0.5, 0.6) is 0 Å². The summed E-state index contributed by atoms with van der Waals surface area (Å²) in [7, 11) is 0. The van der Waals surface area contributed by atoms with Gasteiger partial charge in [-0.05, 0) is 70.4 Å². The van der Waals surface area contributed by atoms with E-state index in [1.165, 1.54) is 39.0 Å². The average Bonchev–Trinajstić information content (AvgIpc) is 3.21. The lowest BCUT2D eigenvalue weighted by molar-refractivity contribution is 0.166. The number of alkyl halides is 1. The Morgan fingerprint density at radius 1 is 0.719 bits per heavy atom. The number of fused-ring (bicyclic) bond motifs is 3. The Morgan fingerprint density at radius 3 is 2.16 bits per heavy atom. The van der Waals surface area contributed by atoms with Gasteiger partial charge in [-0.25, -0.2) is 0 Å². The van der Waals surface area contributed by atoms with Crippen LogP contribution in [-0.2, 0) is 4.74 Å². The van der Waals surface area contributed by atoms with Crippen LogP contribution in [-0.4, -0.2) is 11.5 Å². The molecular formula is C30H25ClO. The standard InChI is InChI=1S/C30H25ClO/c31-22-15-17-29-28(19-22)27-16-14-21(18-30(27)32-29)24-11-5-7-13-26(24)25-12-6-4-10-23(25)20-8-2-1-3-9-20/h1-13,17-19,22,27,30H,14-16H2/t22?,27?,30-/m0/s1. The zero-order chi connectivity index (χ0) is 21.5. The number of halogens is 1.